The van der Waals surface area contributed by atoms with E-state index in [2.05, 4.69) is 168 Å². The molecule has 3 nitrogen and oxygen atoms in total. The van der Waals surface area contributed by atoms with Crippen molar-refractivity contribution in [1.29, 1.82) is 0 Å². The van der Waals surface area contributed by atoms with Crippen LogP contribution in [0.5, 0.6) is 5.75 Å². The first-order chi connectivity index (χ1) is 21.5. The van der Waals surface area contributed by atoms with Crippen molar-refractivity contribution in [2.75, 3.05) is 0 Å². The van der Waals surface area contributed by atoms with E-state index in [0.29, 0.717) is 49.9 Å². The topological polar surface area (TPSA) is 27.7 Å². The van der Waals surface area contributed by atoms with Gasteiger partial charge < -0.3 is 13.3 Å². The van der Waals surface area contributed by atoms with Crippen molar-refractivity contribution in [1.82, 2.24) is 0 Å². The average molecular weight is 697 g/mol. The Morgan fingerprint density at radius 2 is 0.766 bits per heavy atom. The maximum absolute atomic E-state index is 7.45. The Morgan fingerprint density at radius 3 is 1.11 bits per heavy atom. The van der Waals surface area contributed by atoms with E-state index in [0.717, 1.165) is 39.2 Å². The van der Waals surface area contributed by atoms with Gasteiger partial charge in [-0.05, 0) is 79.5 Å². The van der Waals surface area contributed by atoms with Crippen LogP contribution in [0, 0.1) is 0 Å². The molecule has 0 saturated carbocycles. The van der Waals surface area contributed by atoms with Gasteiger partial charge in [0.05, 0.1) is 0 Å². The number of fused-ring (bicyclic) bond motifs is 1. The van der Waals surface area contributed by atoms with Gasteiger partial charge in [0, 0.05) is 16.5 Å². The van der Waals surface area contributed by atoms with Gasteiger partial charge in [-0.25, -0.2) is 0 Å². The lowest BCUT2D eigenvalue weighted by atomic mass is 10.0. The normalized spacial score (nSPS) is 13.5. The fraction of sp³-hybridized carbons (Fsp3) is 0.659. The van der Waals surface area contributed by atoms with Gasteiger partial charge in [0.25, 0.3) is 25.0 Å². The maximum atomic E-state index is 7.45. The molecule has 0 aliphatic rings. The lowest BCUT2D eigenvalue weighted by Crippen LogP contribution is -2.50. The second-order valence-corrected chi connectivity index (χ2v) is 33.1. The van der Waals surface area contributed by atoms with Crippen LogP contribution in [-0.2, 0) is 8.85 Å². The van der Waals surface area contributed by atoms with Gasteiger partial charge in [0.2, 0.25) is 0 Å². The Labute approximate surface area is 294 Å². The number of hydrogen-bond acceptors (Lipinski definition) is 3. The van der Waals surface area contributed by atoms with Crippen LogP contribution < -0.4 is 4.43 Å². The van der Waals surface area contributed by atoms with Crippen LogP contribution in [0.4, 0.5) is 0 Å². The summed E-state index contributed by atoms with van der Waals surface area (Å²) in [7, 11) is -6.61. The van der Waals surface area contributed by atoms with Gasteiger partial charge in [-0.2, -0.15) is 0 Å². The fourth-order valence-corrected chi connectivity index (χ4v) is 25.3. The van der Waals surface area contributed by atoms with E-state index in [1.165, 1.54) is 0 Å². The molecule has 0 N–H and O–H groups in total. The van der Waals surface area contributed by atoms with E-state index < -0.39 is 25.0 Å². The van der Waals surface area contributed by atoms with Crippen LogP contribution >= 0.6 is 0 Å². The average Bonchev–Trinajstić information content (AvgIpc) is 2.94. The zero-order valence-corrected chi connectivity index (χ0v) is 36.7. The molecule has 0 aliphatic heterocycles. The molecule has 2 rings (SSSR count). The molecule has 0 amide bonds. The standard InChI is InChI=1S/C41H72O3Si3/c1-26(2)45(27(3)4,28(5)6)42-35(19)37-21-22-40-39(23-37)24-38(36(20)43-46(29(7)8,30(9)10)31(11)12)25-41(40)44-47(32(13)14,33(15)16)34(17)18/h21-34H,19-20H2,1-18H3. The minimum atomic E-state index is -2.25. The molecule has 0 radical (unpaired) electrons. The lowest BCUT2D eigenvalue weighted by molar-refractivity contribution is 0.444. The van der Waals surface area contributed by atoms with Gasteiger partial charge in [0.15, 0.2) is 0 Å². The molecule has 0 atom stereocenters. The van der Waals surface area contributed by atoms with Gasteiger partial charge in [0.1, 0.15) is 17.3 Å². The molecule has 266 valence electrons. The van der Waals surface area contributed by atoms with E-state index in [4.69, 9.17) is 13.3 Å². The van der Waals surface area contributed by atoms with Crippen LogP contribution in [0.1, 0.15) is 136 Å². The van der Waals surface area contributed by atoms with Crippen LogP contribution in [0.15, 0.2) is 43.5 Å². The molecule has 0 bridgehead atoms. The maximum Gasteiger partial charge on any atom is 0.258 e. The Hall–Kier alpha value is -1.77. The van der Waals surface area contributed by atoms with Crippen molar-refractivity contribution in [2.24, 2.45) is 0 Å². The summed E-state index contributed by atoms with van der Waals surface area (Å²) in [4.78, 5) is 0. The highest BCUT2D eigenvalue weighted by molar-refractivity contribution is 6.79. The number of rotatable bonds is 17. The van der Waals surface area contributed by atoms with Crippen molar-refractivity contribution < 1.29 is 13.3 Å². The first kappa shape index (κ1) is 41.4. The molecule has 6 heteroatoms. The van der Waals surface area contributed by atoms with Gasteiger partial charge in [-0.15, -0.1) is 0 Å². The van der Waals surface area contributed by atoms with Crippen LogP contribution in [-0.4, -0.2) is 25.0 Å². The molecule has 0 saturated heterocycles. The predicted octanol–water partition coefficient (Wildman–Crippen LogP) is 14.7. The van der Waals surface area contributed by atoms with Crippen molar-refractivity contribution in [2.45, 2.75) is 174 Å². The molecule has 47 heavy (non-hydrogen) atoms. The minimum Gasteiger partial charge on any atom is -0.543 e. The van der Waals surface area contributed by atoms with Crippen LogP contribution in [0.2, 0.25) is 49.9 Å². The first-order valence-corrected chi connectivity index (χ1v) is 25.0. The zero-order valence-electron chi connectivity index (χ0n) is 33.7. The van der Waals surface area contributed by atoms with Crippen LogP contribution in [0.3, 0.4) is 0 Å². The third-order valence-electron chi connectivity index (χ3n) is 11.6. The SMILES string of the molecule is C=C(O[Si](C(C)C)(C(C)C)C(C)C)c1ccc2c(O[Si](C(C)C)(C(C)C)C(C)C)cc(C(=C)O[Si](C(C)C)(C(C)C)C(C)C)cc2c1. The summed E-state index contributed by atoms with van der Waals surface area (Å²) < 4.78 is 21.7. The minimum absolute atomic E-state index is 0.456. The van der Waals surface area contributed by atoms with Gasteiger partial charge in [-0.3, -0.25) is 0 Å². The highest BCUT2D eigenvalue weighted by Gasteiger charge is 2.49. The van der Waals surface area contributed by atoms with Gasteiger partial charge in [-0.1, -0.05) is 144 Å². The summed E-state index contributed by atoms with van der Waals surface area (Å²) in [5.74, 6) is 2.49. The van der Waals surface area contributed by atoms with Crippen molar-refractivity contribution in [3.05, 3.63) is 54.6 Å². The second kappa shape index (κ2) is 15.8. The molecule has 0 heterocycles. The second-order valence-electron chi connectivity index (χ2n) is 17.0. The summed E-state index contributed by atoms with van der Waals surface area (Å²) in [5, 5.41) is 2.23. The van der Waals surface area contributed by atoms with E-state index in [-0.39, 0.29) is 0 Å². The largest absolute Gasteiger partial charge is 0.543 e. The first-order valence-electron chi connectivity index (χ1n) is 18.6. The summed E-state index contributed by atoms with van der Waals surface area (Å²) in [6, 6.07) is 11.1. The summed E-state index contributed by atoms with van der Waals surface area (Å²) >= 11 is 0. The van der Waals surface area contributed by atoms with Crippen LogP contribution in [0.25, 0.3) is 22.3 Å². The molecule has 0 unspecified atom stereocenters. The zero-order chi connectivity index (χ0) is 36.4. The molecule has 0 aromatic heterocycles. The van der Waals surface area contributed by atoms with Crippen molar-refractivity contribution in [3.8, 4) is 5.75 Å². The molecule has 0 aliphatic carbocycles. The summed E-state index contributed by atoms with van der Waals surface area (Å²) in [6.07, 6.45) is 0. The van der Waals surface area contributed by atoms with E-state index in [1.807, 2.05) is 0 Å². The Balaban J connectivity index is 2.88. The molecule has 2 aromatic rings. The smallest absolute Gasteiger partial charge is 0.258 e. The van der Waals surface area contributed by atoms with E-state index >= 15 is 0 Å². The predicted molar refractivity (Wildman–Crippen MR) is 218 cm³/mol. The quantitative estimate of drug-likeness (QED) is 0.122. The Kier molecular flexibility index (Phi) is 14.0. The fourth-order valence-electron chi connectivity index (χ4n) is 9.55. The summed E-state index contributed by atoms with van der Waals surface area (Å²) in [6.45, 7) is 51.1. The molecule has 2 aromatic carbocycles. The summed E-state index contributed by atoms with van der Waals surface area (Å²) in [5.41, 5.74) is 6.19. The van der Waals surface area contributed by atoms with Crippen molar-refractivity contribution >= 4 is 47.2 Å². The number of hydrogen-bond donors (Lipinski definition) is 0. The number of benzene rings is 2. The third-order valence-corrected chi connectivity index (χ3v) is 29.6. The lowest BCUT2D eigenvalue weighted by Gasteiger charge is -2.43. The Bertz CT molecular complexity index is 1300. The highest BCUT2D eigenvalue weighted by Crippen LogP contribution is 2.48. The monoisotopic (exact) mass is 696 g/mol. The third kappa shape index (κ3) is 7.85. The van der Waals surface area contributed by atoms with E-state index in [1.54, 1.807) is 0 Å². The molecule has 0 fully saturated rings. The highest BCUT2D eigenvalue weighted by atomic mass is 28.4. The molecule has 0 spiro atoms. The van der Waals surface area contributed by atoms with Crippen molar-refractivity contribution in [3.63, 3.8) is 0 Å². The molecular formula is C41H72O3Si3. The Morgan fingerprint density at radius 1 is 0.447 bits per heavy atom. The molecular weight excluding hydrogens is 625 g/mol. The van der Waals surface area contributed by atoms with Gasteiger partial charge >= 0.3 is 0 Å². The van der Waals surface area contributed by atoms with E-state index in [9.17, 15) is 0 Å².